The lowest BCUT2D eigenvalue weighted by atomic mass is 10.2. The molecule has 0 unspecified atom stereocenters. The van der Waals surface area contributed by atoms with Crippen LogP contribution in [-0.4, -0.2) is 16.9 Å². The molecule has 1 aromatic rings. The average Bonchev–Trinajstić information content (AvgIpc) is 2.19. The molecular formula is C9H10ClNO2. The summed E-state index contributed by atoms with van der Waals surface area (Å²) in [6, 6.07) is 6.92. The zero-order valence-electron chi connectivity index (χ0n) is 6.96. The van der Waals surface area contributed by atoms with Crippen LogP contribution < -0.4 is 5.32 Å². The van der Waals surface area contributed by atoms with Crippen LogP contribution in [-0.2, 0) is 11.4 Å². The van der Waals surface area contributed by atoms with Gasteiger partial charge >= 0.3 is 0 Å². The molecule has 0 atom stereocenters. The molecule has 0 saturated carbocycles. The number of carbonyl (C=O) groups is 1. The fourth-order valence-corrected chi connectivity index (χ4v) is 0.955. The Bertz CT molecular complexity index is 284. The van der Waals surface area contributed by atoms with Crippen molar-refractivity contribution in [3.63, 3.8) is 0 Å². The third kappa shape index (κ3) is 3.05. The van der Waals surface area contributed by atoms with Crippen LogP contribution in [0.5, 0.6) is 0 Å². The standard InChI is InChI=1S/C9H10ClNO2/c10-5-9(13)11-8-3-1-7(6-12)2-4-8/h1-4,12H,5-6H2,(H,11,13). The summed E-state index contributed by atoms with van der Waals surface area (Å²) in [7, 11) is 0. The highest BCUT2D eigenvalue weighted by Crippen LogP contribution is 2.09. The summed E-state index contributed by atoms with van der Waals surface area (Å²) < 4.78 is 0. The topological polar surface area (TPSA) is 49.3 Å². The smallest absolute Gasteiger partial charge is 0.239 e. The summed E-state index contributed by atoms with van der Waals surface area (Å²) in [5.41, 5.74) is 1.49. The van der Waals surface area contributed by atoms with Gasteiger partial charge in [0.1, 0.15) is 5.88 Å². The second-order valence-corrected chi connectivity index (χ2v) is 2.80. The predicted octanol–water partition coefficient (Wildman–Crippen LogP) is 1.36. The molecule has 4 heteroatoms. The Morgan fingerprint density at radius 2 is 2.00 bits per heavy atom. The van der Waals surface area contributed by atoms with Crippen LogP contribution in [0.25, 0.3) is 0 Å². The number of aliphatic hydroxyl groups excluding tert-OH is 1. The van der Waals surface area contributed by atoms with Crippen LogP contribution in [0.15, 0.2) is 24.3 Å². The number of carbonyl (C=O) groups excluding carboxylic acids is 1. The van der Waals surface area contributed by atoms with Gasteiger partial charge in [0.05, 0.1) is 6.61 Å². The molecule has 1 aromatic carbocycles. The van der Waals surface area contributed by atoms with Gasteiger partial charge in [0.25, 0.3) is 0 Å². The van der Waals surface area contributed by atoms with Gasteiger partial charge in [-0.25, -0.2) is 0 Å². The molecule has 0 radical (unpaired) electrons. The van der Waals surface area contributed by atoms with Crippen LogP contribution in [0.4, 0.5) is 5.69 Å². The molecule has 0 bridgehead atoms. The lowest BCUT2D eigenvalue weighted by molar-refractivity contribution is -0.113. The molecule has 1 amide bonds. The summed E-state index contributed by atoms with van der Waals surface area (Å²) in [5, 5.41) is 11.3. The fraction of sp³-hybridized carbons (Fsp3) is 0.222. The molecule has 0 aliphatic heterocycles. The van der Waals surface area contributed by atoms with Crippen molar-refractivity contribution in [3.8, 4) is 0 Å². The van der Waals surface area contributed by atoms with Crippen molar-refractivity contribution in [2.24, 2.45) is 0 Å². The minimum absolute atomic E-state index is 0.00370. The van der Waals surface area contributed by atoms with E-state index in [4.69, 9.17) is 16.7 Å². The first kappa shape index (κ1) is 10.0. The van der Waals surface area contributed by atoms with E-state index in [0.29, 0.717) is 5.69 Å². The highest BCUT2D eigenvalue weighted by Gasteiger charge is 1.98. The predicted molar refractivity (Wildman–Crippen MR) is 51.7 cm³/mol. The Morgan fingerprint density at radius 3 is 2.46 bits per heavy atom. The minimum Gasteiger partial charge on any atom is -0.392 e. The van der Waals surface area contributed by atoms with Crippen molar-refractivity contribution in [2.45, 2.75) is 6.61 Å². The molecule has 70 valence electrons. The summed E-state index contributed by atoms with van der Waals surface area (Å²) in [5.74, 6) is -0.291. The number of rotatable bonds is 3. The number of halogens is 1. The largest absolute Gasteiger partial charge is 0.392 e. The Morgan fingerprint density at radius 1 is 1.38 bits per heavy atom. The molecule has 0 spiro atoms. The summed E-state index contributed by atoms with van der Waals surface area (Å²) in [6.45, 7) is 0.00370. The number of aliphatic hydroxyl groups is 1. The fourth-order valence-electron chi connectivity index (χ4n) is 0.888. The highest BCUT2D eigenvalue weighted by molar-refractivity contribution is 6.29. The number of amides is 1. The summed E-state index contributed by atoms with van der Waals surface area (Å²) in [6.07, 6.45) is 0. The number of hydrogen-bond donors (Lipinski definition) is 2. The van der Waals surface area contributed by atoms with E-state index in [2.05, 4.69) is 5.32 Å². The lowest BCUT2D eigenvalue weighted by Crippen LogP contribution is -2.12. The summed E-state index contributed by atoms with van der Waals surface area (Å²) in [4.78, 5) is 10.8. The Hall–Kier alpha value is -1.06. The van der Waals surface area contributed by atoms with Crippen molar-refractivity contribution in [2.75, 3.05) is 11.2 Å². The molecule has 3 nitrogen and oxygen atoms in total. The van der Waals surface area contributed by atoms with Gasteiger partial charge in [0.15, 0.2) is 0 Å². The molecule has 0 saturated heterocycles. The molecule has 0 fully saturated rings. The molecule has 0 aromatic heterocycles. The van der Waals surface area contributed by atoms with Gasteiger partial charge in [-0.3, -0.25) is 4.79 Å². The molecule has 0 aliphatic carbocycles. The second kappa shape index (κ2) is 4.84. The maximum Gasteiger partial charge on any atom is 0.239 e. The maximum absolute atomic E-state index is 10.8. The SMILES string of the molecule is O=C(CCl)Nc1ccc(CO)cc1. The van der Waals surface area contributed by atoms with Crippen molar-refractivity contribution in [1.29, 1.82) is 0 Å². The van der Waals surface area contributed by atoms with Crippen molar-refractivity contribution >= 4 is 23.2 Å². The van der Waals surface area contributed by atoms with E-state index in [1.165, 1.54) is 0 Å². The van der Waals surface area contributed by atoms with Gasteiger partial charge in [0, 0.05) is 5.69 Å². The van der Waals surface area contributed by atoms with E-state index < -0.39 is 0 Å². The maximum atomic E-state index is 10.8. The third-order valence-electron chi connectivity index (χ3n) is 1.54. The van der Waals surface area contributed by atoms with Crippen LogP contribution in [0, 0.1) is 0 Å². The van der Waals surface area contributed by atoms with Crippen LogP contribution in [0.2, 0.25) is 0 Å². The minimum atomic E-state index is -0.238. The zero-order chi connectivity index (χ0) is 9.68. The Kier molecular flexibility index (Phi) is 3.73. The van der Waals surface area contributed by atoms with Gasteiger partial charge in [0.2, 0.25) is 5.91 Å². The number of hydrogen-bond acceptors (Lipinski definition) is 2. The molecule has 13 heavy (non-hydrogen) atoms. The highest BCUT2D eigenvalue weighted by atomic mass is 35.5. The van der Waals surface area contributed by atoms with Gasteiger partial charge < -0.3 is 10.4 Å². The van der Waals surface area contributed by atoms with E-state index >= 15 is 0 Å². The van der Waals surface area contributed by atoms with Gasteiger partial charge in [-0.05, 0) is 17.7 Å². The molecule has 2 N–H and O–H groups in total. The van der Waals surface area contributed by atoms with Crippen LogP contribution >= 0.6 is 11.6 Å². The lowest BCUT2D eigenvalue weighted by Gasteiger charge is -2.02. The first-order valence-electron chi connectivity index (χ1n) is 3.82. The van der Waals surface area contributed by atoms with Gasteiger partial charge in [-0.1, -0.05) is 12.1 Å². The number of nitrogens with one attached hydrogen (secondary N) is 1. The molecule has 1 rings (SSSR count). The van der Waals surface area contributed by atoms with E-state index in [0.717, 1.165) is 5.56 Å². The van der Waals surface area contributed by atoms with Crippen LogP contribution in [0.1, 0.15) is 5.56 Å². The van der Waals surface area contributed by atoms with E-state index in [1.54, 1.807) is 24.3 Å². The Labute approximate surface area is 81.3 Å². The number of benzene rings is 1. The van der Waals surface area contributed by atoms with Gasteiger partial charge in [-0.15, -0.1) is 11.6 Å². The van der Waals surface area contributed by atoms with E-state index in [1.807, 2.05) is 0 Å². The first-order chi connectivity index (χ1) is 6.26. The van der Waals surface area contributed by atoms with Crippen molar-refractivity contribution in [3.05, 3.63) is 29.8 Å². The van der Waals surface area contributed by atoms with E-state index in [9.17, 15) is 4.79 Å². The quantitative estimate of drug-likeness (QED) is 0.723. The normalized spacial score (nSPS) is 9.69. The second-order valence-electron chi connectivity index (χ2n) is 2.54. The van der Waals surface area contributed by atoms with Crippen molar-refractivity contribution in [1.82, 2.24) is 0 Å². The first-order valence-corrected chi connectivity index (χ1v) is 4.35. The molecule has 0 heterocycles. The molecular weight excluding hydrogens is 190 g/mol. The Balaban J connectivity index is 2.64. The van der Waals surface area contributed by atoms with Crippen LogP contribution in [0.3, 0.4) is 0 Å². The number of anilines is 1. The number of alkyl halides is 1. The van der Waals surface area contributed by atoms with Crippen molar-refractivity contribution < 1.29 is 9.90 Å². The summed E-state index contributed by atoms with van der Waals surface area (Å²) >= 11 is 5.31. The third-order valence-corrected chi connectivity index (χ3v) is 1.78. The monoisotopic (exact) mass is 199 g/mol. The average molecular weight is 200 g/mol. The molecule has 0 aliphatic rings. The van der Waals surface area contributed by atoms with E-state index in [-0.39, 0.29) is 18.4 Å². The van der Waals surface area contributed by atoms with Gasteiger partial charge in [-0.2, -0.15) is 0 Å². The zero-order valence-corrected chi connectivity index (χ0v) is 7.71.